The molecule has 0 bridgehead atoms. The molecule has 0 aliphatic carbocycles. The van der Waals surface area contributed by atoms with E-state index in [-0.39, 0.29) is 68.0 Å². The zero-order valence-electron chi connectivity index (χ0n) is 43.1. The standard InChI is InChI=1S/C51H84FN7O10S/c1-9-11-12-14-24-59(48(62)44(36(5)10-2)46(61)57-43-16-13-15-23-58(43)8)40(35(3)4)32-41(69-50(65)54-22-26-67-28-30-68-29-27-66-25-21-53)47-56-42(34-70-47)55-45(60)38(33-51(6,7)49(63)64)31-37-17-19-39(52)20-18-37/h17-20,34-36,38,40-41,43-44H,9-16,21-33,53H2,1-8H3,(H,54,65)(H,55,60)(H,57,61)(H,63,64)/t36-,38-,40+,41+,43+,44-/m0/s1. The van der Waals surface area contributed by atoms with Gasteiger partial charge in [-0.25, -0.2) is 14.2 Å². The smallest absolute Gasteiger partial charge is 0.407 e. The Kier molecular flexibility index (Phi) is 27.4. The fourth-order valence-electron chi connectivity index (χ4n) is 8.47. The molecule has 1 aromatic carbocycles. The lowest BCUT2D eigenvalue weighted by Gasteiger charge is -2.40. The van der Waals surface area contributed by atoms with Crippen molar-refractivity contribution in [1.82, 2.24) is 25.4 Å². The third kappa shape index (κ3) is 20.8. The molecule has 3 rings (SSSR count). The van der Waals surface area contributed by atoms with E-state index >= 15 is 4.79 Å². The summed E-state index contributed by atoms with van der Waals surface area (Å²) in [6.45, 7) is 17.1. The van der Waals surface area contributed by atoms with Crippen LogP contribution in [0.5, 0.6) is 0 Å². The number of likely N-dealkylation sites (tertiary alicyclic amines) is 1. The Morgan fingerprint density at radius 1 is 0.957 bits per heavy atom. The van der Waals surface area contributed by atoms with E-state index in [1.54, 1.807) is 31.4 Å². The number of nitrogens with zero attached hydrogens (tertiary/aromatic N) is 3. The number of anilines is 1. The van der Waals surface area contributed by atoms with Gasteiger partial charge in [0.05, 0.1) is 51.2 Å². The maximum atomic E-state index is 15.1. The van der Waals surface area contributed by atoms with Crippen LogP contribution in [0.4, 0.5) is 15.0 Å². The monoisotopic (exact) mass is 1010 g/mol. The van der Waals surface area contributed by atoms with Crippen LogP contribution in [-0.2, 0) is 44.5 Å². The fraction of sp³-hybridized carbons (Fsp3) is 0.725. The molecule has 1 saturated heterocycles. The number of rotatable bonds is 34. The second kappa shape index (κ2) is 31.9. The number of aromatic nitrogens is 1. The van der Waals surface area contributed by atoms with Crippen LogP contribution in [0.1, 0.15) is 129 Å². The topological polar surface area (TPSA) is 224 Å². The number of halogens is 1. The maximum absolute atomic E-state index is 15.1. The number of benzene rings is 1. The molecule has 2 aromatic rings. The Bertz CT molecular complexity index is 1870. The number of hydrogen-bond donors (Lipinski definition) is 5. The van der Waals surface area contributed by atoms with Gasteiger partial charge in [0.15, 0.2) is 6.10 Å². The lowest BCUT2D eigenvalue weighted by molar-refractivity contribution is -0.149. The molecular weight excluding hydrogens is 922 g/mol. The molecule has 0 radical (unpaired) electrons. The number of ether oxygens (including phenoxy) is 4. The van der Waals surface area contributed by atoms with Crippen LogP contribution in [0.25, 0.3) is 0 Å². The average Bonchev–Trinajstić information content (AvgIpc) is 3.79. The molecule has 6 N–H and O–H groups in total. The second-order valence-corrected chi connectivity index (χ2v) is 20.3. The lowest BCUT2D eigenvalue weighted by Crippen LogP contribution is -2.56. The van der Waals surface area contributed by atoms with Crippen molar-refractivity contribution in [2.45, 2.75) is 137 Å². The number of carbonyl (C=O) groups excluding carboxylic acids is 4. The van der Waals surface area contributed by atoms with Gasteiger partial charge >= 0.3 is 12.1 Å². The minimum absolute atomic E-state index is 0.0133. The summed E-state index contributed by atoms with van der Waals surface area (Å²) in [5, 5.41) is 20.8. The van der Waals surface area contributed by atoms with Gasteiger partial charge in [-0.1, -0.05) is 72.4 Å². The van der Waals surface area contributed by atoms with Gasteiger partial charge in [0.25, 0.3) is 0 Å². The first-order valence-corrected chi connectivity index (χ1v) is 26.2. The van der Waals surface area contributed by atoms with E-state index in [4.69, 9.17) is 29.7 Å². The second-order valence-electron chi connectivity index (χ2n) is 19.4. The van der Waals surface area contributed by atoms with Crippen LogP contribution < -0.4 is 21.7 Å². The van der Waals surface area contributed by atoms with Crippen molar-refractivity contribution >= 4 is 46.9 Å². The summed E-state index contributed by atoms with van der Waals surface area (Å²) in [6.07, 6.45) is 5.40. The maximum Gasteiger partial charge on any atom is 0.407 e. The molecule has 0 spiro atoms. The summed E-state index contributed by atoms with van der Waals surface area (Å²) >= 11 is 1.17. The molecule has 17 nitrogen and oxygen atoms in total. The van der Waals surface area contributed by atoms with E-state index in [0.29, 0.717) is 69.5 Å². The van der Waals surface area contributed by atoms with Gasteiger partial charge in [0.1, 0.15) is 22.6 Å². The minimum Gasteiger partial charge on any atom is -0.481 e. The molecule has 1 aliphatic heterocycles. The van der Waals surface area contributed by atoms with Gasteiger partial charge in [0, 0.05) is 43.4 Å². The highest BCUT2D eigenvalue weighted by Gasteiger charge is 2.41. The number of hydrogen-bond acceptors (Lipinski definition) is 13. The van der Waals surface area contributed by atoms with Crippen LogP contribution in [-0.4, -0.2) is 135 Å². The van der Waals surface area contributed by atoms with E-state index in [1.807, 2.05) is 39.6 Å². The predicted octanol–water partition coefficient (Wildman–Crippen LogP) is 7.40. The number of carboxylic acid groups (broad SMARTS) is 1. The molecule has 4 amide bonds. The van der Waals surface area contributed by atoms with Crippen molar-refractivity contribution in [3.8, 4) is 0 Å². The molecule has 19 heteroatoms. The lowest BCUT2D eigenvalue weighted by atomic mass is 9.80. The van der Waals surface area contributed by atoms with E-state index in [2.05, 4.69) is 27.8 Å². The average molecular weight is 1010 g/mol. The van der Waals surface area contributed by atoms with Crippen molar-refractivity contribution in [2.75, 3.05) is 78.2 Å². The third-order valence-electron chi connectivity index (χ3n) is 12.9. The Morgan fingerprint density at radius 2 is 1.63 bits per heavy atom. The Morgan fingerprint density at radius 3 is 2.24 bits per heavy atom. The number of nitrogens with two attached hydrogens (primary N) is 1. The van der Waals surface area contributed by atoms with Gasteiger partial charge in [-0.05, 0) is 95.5 Å². The fourth-order valence-corrected chi connectivity index (χ4v) is 9.27. The summed E-state index contributed by atoms with van der Waals surface area (Å²) in [5.41, 5.74) is 4.84. The summed E-state index contributed by atoms with van der Waals surface area (Å²) < 4.78 is 36.4. The number of carboxylic acids is 1. The van der Waals surface area contributed by atoms with E-state index in [9.17, 15) is 28.7 Å². The summed E-state index contributed by atoms with van der Waals surface area (Å²) in [4.78, 5) is 78.0. The van der Waals surface area contributed by atoms with Gasteiger partial charge in [-0.2, -0.15) is 0 Å². The number of alkyl carbamates (subject to hydrolysis) is 1. The zero-order valence-corrected chi connectivity index (χ0v) is 43.9. The molecule has 1 aliphatic rings. The third-order valence-corrected chi connectivity index (χ3v) is 13.9. The molecule has 0 unspecified atom stereocenters. The van der Waals surface area contributed by atoms with Gasteiger partial charge < -0.3 is 50.6 Å². The van der Waals surface area contributed by atoms with Crippen LogP contribution in [0, 0.1) is 34.9 Å². The van der Waals surface area contributed by atoms with Gasteiger partial charge in [-0.15, -0.1) is 11.3 Å². The molecular formula is C51H84FN7O10S. The molecule has 2 heterocycles. The SMILES string of the molecule is CCCCCCN(C(=O)[C@H](C(=O)N[C@H]1CCCCN1C)[C@@H](C)CC)[C@H](C[C@@H](OC(=O)NCCOCCOCCOCCN)c1nc(NC(=O)[C@@H](Cc2ccc(F)cc2)CC(C)(C)C(=O)O)cs1)C(C)C. The number of piperidine rings is 1. The Balaban J connectivity index is 1.95. The number of nitrogens with one attached hydrogen (secondary N) is 3. The summed E-state index contributed by atoms with van der Waals surface area (Å²) in [7, 11) is 1.99. The first-order valence-electron chi connectivity index (χ1n) is 25.3. The van der Waals surface area contributed by atoms with Crippen molar-refractivity contribution in [1.29, 1.82) is 0 Å². The minimum atomic E-state index is -1.26. The van der Waals surface area contributed by atoms with Crippen molar-refractivity contribution in [3.05, 3.63) is 46.0 Å². The Labute approximate surface area is 419 Å². The molecule has 70 heavy (non-hydrogen) atoms. The van der Waals surface area contributed by atoms with Crippen molar-refractivity contribution < 1.29 is 52.4 Å². The first kappa shape index (κ1) is 60.0. The molecule has 0 saturated carbocycles. The summed E-state index contributed by atoms with van der Waals surface area (Å²) in [6, 6.07) is 5.21. The largest absolute Gasteiger partial charge is 0.481 e. The quantitative estimate of drug-likeness (QED) is 0.0341. The molecule has 396 valence electrons. The van der Waals surface area contributed by atoms with Crippen LogP contribution in [0.3, 0.4) is 0 Å². The molecule has 1 fully saturated rings. The van der Waals surface area contributed by atoms with E-state index in [1.165, 1.54) is 23.5 Å². The molecule has 6 atom stereocenters. The van der Waals surface area contributed by atoms with Crippen molar-refractivity contribution in [3.63, 3.8) is 0 Å². The first-order chi connectivity index (χ1) is 33.4. The van der Waals surface area contributed by atoms with Crippen LogP contribution >= 0.6 is 11.3 Å². The van der Waals surface area contributed by atoms with Crippen LogP contribution in [0.2, 0.25) is 0 Å². The number of aliphatic carboxylic acids is 1. The number of carbonyl (C=O) groups is 5. The normalized spacial score (nSPS) is 16.5. The van der Waals surface area contributed by atoms with Crippen LogP contribution in [0.15, 0.2) is 29.6 Å². The van der Waals surface area contributed by atoms with E-state index in [0.717, 1.165) is 45.1 Å². The van der Waals surface area contributed by atoms with Crippen molar-refractivity contribution in [2.24, 2.45) is 34.8 Å². The number of thiazole rings is 1. The highest BCUT2D eigenvalue weighted by molar-refractivity contribution is 7.10. The summed E-state index contributed by atoms with van der Waals surface area (Å²) in [5.74, 6) is -4.53. The van der Waals surface area contributed by atoms with E-state index < -0.39 is 53.2 Å². The Hall–Kier alpha value is -4.27. The number of amides is 4. The van der Waals surface area contributed by atoms with Gasteiger partial charge in [0.2, 0.25) is 17.7 Å². The predicted molar refractivity (Wildman–Crippen MR) is 270 cm³/mol. The van der Waals surface area contributed by atoms with Gasteiger partial charge in [-0.3, -0.25) is 24.1 Å². The number of unbranched alkanes of at least 4 members (excludes halogenated alkanes) is 3. The zero-order chi connectivity index (χ0) is 51.6. The highest BCUT2D eigenvalue weighted by atomic mass is 32.1. The molecule has 1 aromatic heterocycles. The highest BCUT2D eigenvalue weighted by Crippen LogP contribution is 2.35.